The predicted octanol–water partition coefficient (Wildman–Crippen LogP) is 1.76. The predicted molar refractivity (Wildman–Crippen MR) is 118 cm³/mol. The van der Waals surface area contributed by atoms with Crippen LogP contribution in [0, 0.1) is 5.92 Å². The number of benzene rings is 1. The maximum absolute atomic E-state index is 10.9. The van der Waals surface area contributed by atoms with Crippen molar-refractivity contribution in [2.45, 2.75) is 25.6 Å². The summed E-state index contributed by atoms with van der Waals surface area (Å²) in [5.41, 5.74) is 2.55. The molecule has 2 fully saturated rings. The van der Waals surface area contributed by atoms with Crippen LogP contribution in [0.4, 0.5) is 11.5 Å². The van der Waals surface area contributed by atoms with Crippen LogP contribution in [0.25, 0.3) is 10.9 Å². The quantitative estimate of drug-likeness (QED) is 0.611. The second-order valence-electron chi connectivity index (χ2n) is 8.04. The standard InChI is InChI=1S/C21H26N6O3S/c28-12-15-13-31-21(22-15)19(29)14-2-1-5-27(11-14)20-17-4-3-16(10-18(17)23-25-24-20)26-6-8-30-9-7-26/h3-4,10,13-14,19,28-29H,1-2,5-9,11-12H2. The number of aromatic nitrogens is 4. The van der Waals surface area contributed by atoms with E-state index in [0.29, 0.717) is 17.2 Å². The number of aliphatic hydroxyl groups is 2. The number of nitrogens with zero attached hydrogens (tertiary/aromatic N) is 6. The number of anilines is 2. The van der Waals surface area contributed by atoms with Crippen LogP contribution in [0.2, 0.25) is 0 Å². The lowest BCUT2D eigenvalue weighted by molar-refractivity contribution is 0.0973. The molecule has 2 aromatic heterocycles. The zero-order valence-corrected chi connectivity index (χ0v) is 18.0. The van der Waals surface area contributed by atoms with E-state index < -0.39 is 6.10 Å². The van der Waals surface area contributed by atoms with E-state index in [9.17, 15) is 10.2 Å². The van der Waals surface area contributed by atoms with E-state index in [4.69, 9.17) is 4.74 Å². The van der Waals surface area contributed by atoms with Crippen molar-refractivity contribution in [3.8, 4) is 0 Å². The van der Waals surface area contributed by atoms with Crippen LogP contribution in [-0.4, -0.2) is 70.0 Å². The molecule has 0 aliphatic carbocycles. The van der Waals surface area contributed by atoms with Crippen LogP contribution in [-0.2, 0) is 11.3 Å². The van der Waals surface area contributed by atoms with Crippen LogP contribution in [0.5, 0.6) is 0 Å². The van der Waals surface area contributed by atoms with Gasteiger partial charge in [0.25, 0.3) is 0 Å². The highest BCUT2D eigenvalue weighted by Gasteiger charge is 2.30. The maximum atomic E-state index is 10.9. The van der Waals surface area contributed by atoms with Crippen molar-refractivity contribution < 1.29 is 14.9 Å². The minimum absolute atomic E-state index is 0.0454. The van der Waals surface area contributed by atoms with Crippen molar-refractivity contribution >= 4 is 33.7 Å². The molecule has 0 saturated carbocycles. The van der Waals surface area contributed by atoms with E-state index in [0.717, 1.165) is 68.1 Å². The van der Waals surface area contributed by atoms with Crippen LogP contribution >= 0.6 is 11.3 Å². The molecule has 3 aromatic rings. The Morgan fingerprint density at radius 3 is 2.84 bits per heavy atom. The van der Waals surface area contributed by atoms with Crippen molar-refractivity contribution in [3.63, 3.8) is 0 Å². The lowest BCUT2D eigenvalue weighted by atomic mass is 9.92. The van der Waals surface area contributed by atoms with E-state index in [2.05, 4.69) is 48.4 Å². The van der Waals surface area contributed by atoms with Gasteiger partial charge in [-0.05, 0) is 36.3 Å². The summed E-state index contributed by atoms with van der Waals surface area (Å²) >= 11 is 1.40. The third kappa shape index (κ3) is 4.20. The molecular formula is C21H26N6O3S. The van der Waals surface area contributed by atoms with Crippen LogP contribution < -0.4 is 9.80 Å². The summed E-state index contributed by atoms with van der Waals surface area (Å²) in [6.07, 6.45) is 1.22. The number of aliphatic hydroxyl groups excluding tert-OH is 2. The molecule has 2 saturated heterocycles. The molecular weight excluding hydrogens is 416 g/mol. The fourth-order valence-corrected chi connectivity index (χ4v) is 5.29. The van der Waals surface area contributed by atoms with Gasteiger partial charge < -0.3 is 24.7 Å². The minimum atomic E-state index is -0.651. The minimum Gasteiger partial charge on any atom is -0.390 e. The molecule has 5 rings (SSSR count). The molecule has 164 valence electrons. The molecule has 4 heterocycles. The Kier molecular flexibility index (Phi) is 5.95. The Bertz CT molecular complexity index is 1040. The van der Waals surface area contributed by atoms with Gasteiger partial charge in [-0.25, -0.2) is 4.98 Å². The Hall–Kier alpha value is -2.40. The third-order valence-electron chi connectivity index (χ3n) is 6.08. The van der Waals surface area contributed by atoms with Gasteiger partial charge >= 0.3 is 0 Å². The summed E-state index contributed by atoms with van der Waals surface area (Å²) in [5.74, 6) is 0.856. The summed E-state index contributed by atoms with van der Waals surface area (Å²) < 4.78 is 5.45. The van der Waals surface area contributed by atoms with Gasteiger partial charge in [-0.2, -0.15) is 0 Å². The fourth-order valence-electron chi connectivity index (χ4n) is 4.40. The molecule has 31 heavy (non-hydrogen) atoms. The first-order valence-electron chi connectivity index (χ1n) is 10.7. The molecule has 0 spiro atoms. The number of rotatable bonds is 5. The Balaban J connectivity index is 1.38. The topological polar surface area (TPSA) is 108 Å². The van der Waals surface area contributed by atoms with E-state index in [-0.39, 0.29) is 12.5 Å². The first-order valence-corrected chi connectivity index (χ1v) is 11.5. The highest BCUT2D eigenvalue weighted by atomic mass is 32.1. The number of hydrogen-bond donors (Lipinski definition) is 2. The largest absolute Gasteiger partial charge is 0.390 e. The van der Waals surface area contributed by atoms with Crippen molar-refractivity contribution in [3.05, 3.63) is 34.3 Å². The number of thiazole rings is 1. The zero-order valence-electron chi connectivity index (χ0n) is 17.2. The zero-order chi connectivity index (χ0) is 21.2. The Morgan fingerprint density at radius 2 is 2.03 bits per heavy atom. The van der Waals surface area contributed by atoms with Gasteiger partial charge in [0.15, 0.2) is 5.82 Å². The second kappa shape index (κ2) is 8.99. The number of morpholine rings is 1. The van der Waals surface area contributed by atoms with Gasteiger partial charge in [0.05, 0.1) is 25.5 Å². The number of ether oxygens (including phenoxy) is 1. The summed E-state index contributed by atoms with van der Waals surface area (Å²) in [4.78, 5) is 8.85. The highest BCUT2D eigenvalue weighted by molar-refractivity contribution is 7.09. The fraction of sp³-hybridized carbons (Fsp3) is 0.524. The number of piperidine rings is 1. The van der Waals surface area contributed by atoms with Crippen molar-refractivity contribution in [2.24, 2.45) is 5.92 Å². The number of fused-ring (bicyclic) bond motifs is 1. The lowest BCUT2D eigenvalue weighted by Crippen LogP contribution is -2.38. The van der Waals surface area contributed by atoms with Gasteiger partial charge in [-0.15, -0.1) is 21.5 Å². The first kappa shape index (κ1) is 20.5. The normalized spacial score (nSPS) is 20.9. The number of hydrogen-bond acceptors (Lipinski definition) is 10. The molecule has 2 aliphatic rings. The molecule has 1 aromatic carbocycles. The molecule has 2 aliphatic heterocycles. The third-order valence-corrected chi connectivity index (χ3v) is 7.04. The molecule has 2 N–H and O–H groups in total. The smallest absolute Gasteiger partial charge is 0.162 e. The summed E-state index contributed by atoms with van der Waals surface area (Å²) in [6, 6.07) is 6.26. The molecule has 0 bridgehead atoms. The van der Waals surface area contributed by atoms with Gasteiger partial charge in [0, 0.05) is 48.6 Å². The Morgan fingerprint density at radius 1 is 1.16 bits per heavy atom. The SMILES string of the molecule is OCc1csc(C(O)C2CCCN(c3nnnc4cc(N5CCOCC5)ccc34)C2)n1. The van der Waals surface area contributed by atoms with Crippen LogP contribution in [0.15, 0.2) is 23.6 Å². The molecule has 9 nitrogen and oxygen atoms in total. The van der Waals surface area contributed by atoms with Gasteiger partial charge in [-0.1, -0.05) is 0 Å². The average molecular weight is 443 g/mol. The maximum Gasteiger partial charge on any atom is 0.162 e. The second-order valence-corrected chi connectivity index (χ2v) is 8.93. The Labute approximate surface area is 184 Å². The van der Waals surface area contributed by atoms with E-state index >= 15 is 0 Å². The molecule has 2 unspecified atom stereocenters. The van der Waals surface area contributed by atoms with Gasteiger partial charge in [0.2, 0.25) is 0 Å². The van der Waals surface area contributed by atoms with Crippen LogP contribution in [0.1, 0.15) is 29.6 Å². The first-order chi connectivity index (χ1) is 15.2. The van der Waals surface area contributed by atoms with Crippen molar-refractivity contribution in [2.75, 3.05) is 49.2 Å². The summed E-state index contributed by atoms with van der Waals surface area (Å²) in [7, 11) is 0. The molecule has 0 radical (unpaired) electrons. The van der Waals surface area contributed by atoms with E-state index in [1.807, 2.05) is 0 Å². The van der Waals surface area contributed by atoms with Gasteiger partial charge in [0.1, 0.15) is 16.6 Å². The van der Waals surface area contributed by atoms with E-state index in [1.165, 1.54) is 11.3 Å². The van der Waals surface area contributed by atoms with Crippen LogP contribution in [0.3, 0.4) is 0 Å². The molecule has 2 atom stereocenters. The molecule has 10 heteroatoms. The van der Waals surface area contributed by atoms with E-state index in [1.54, 1.807) is 5.38 Å². The average Bonchev–Trinajstić information content (AvgIpc) is 3.33. The summed E-state index contributed by atoms with van der Waals surface area (Å²) in [5, 5.41) is 36.3. The summed E-state index contributed by atoms with van der Waals surface area (Å²) in [6.45, 7) is 4.65. The molecule has 0 amide bonds. The monoisotopic (exact) mass is 442 g/mol. The van der Waals surface area contributed by atoms with Crippen molar-refractivity contribution in [1.29, 1.82) is 0 Å². The van der Waals surface area contributed by atoms with Gasteiger partial charge in [-0.3, -0.25) is 0 Å². The van der Waals surface area contributed by atoms with Crippen molar-refractivity contribution in [1.82, 2.24) is 20.4 Å². The lowest BCUT2D eigenvalue weighted by Gasteiger charge is -2.35. The highest BCUT2D eigenvalue weighted by Crippen LogP contribution is 2.35.